The highest BCUT2D eigenvalue weighted by Crippen LogP contribution is 2.20. The van der Waals surface area contributed by atoms with Gasteiger partial charge in [-0.3, -0.25) is 4.68 Å². The zero-order chi connectivity index (χ0) is 11.3. The fourth-order valence-corrected chi connectivity index (χ4v) is 2.10. The maximum Gasteiger partial charge on any atom is 0.0863 e. The summed E-state index contributed by atoms with van der Waals surface area (Å²) >= 11 is 8.05. The molecule has 5 heteroatoms. The Balaban J connectivity index is 2.56. The summed E-state index contributed by atoms with van der Waals surface area (Å²) in [5, 5.41) is 8.54. The SMILES string of the molecule is CCc1nn(C)c(CNCCSC)c1Cl. The molecule has 1 heterocycles. The largest absolute Gasteiger partial charge is 0.310 e. The van der Waals surface area contributed by atoms with Crippen molar-refractivity contribution in [1.29, 1.82) is 0 Å². The van der Waals surface area contributed by atoms with Gasteiger partial charge in [0.2, 0.25) is 0 Å². The molecular weight excluding hydrogens is 230 g/mol. The van der Waals surface area contributed by atoms with Gasteiger partial charge in [-0.25, -0.2) is 0 Å². The third kappa shape index (κ3) is 3.40. The minimum Gasteiger partial charge on any atom is -0.310 e. The number of aromatic nitrogens is 2. The number of hydrogen-bond acceptors (Lipinski definition) is 3. The van der Waals surface area contributed by atoms with Crippen LogP contribution in [0.2, 0.25) is 5.02 Å². The van der Waals surface area contributed by atoms with Gasteiger partial charge in [0.1, 0.15) is 0 Å². The van der Waals surface area contributed by atoms with Crippen LogP contribution in [-0.4, -0.2) is 28.3 Å². The molecule has 1 aromatic heterocycles. The monoisotopic (exact) mass is 247 g/mol. The molecule has 0 atom stereocenters. The van der Waals surface area contributed by atoms with Gasteiger partial charge in [-0.05, 0) is 12.7 Å². The topological polar surface area (TPSA) is 29.9 Å². The van der Waals surface area contributed by atoms with E-state index < -0.39 is 0 Å². The summed E-state index contributed by atoms with van der Waals surface area (Å²) in [6.07, 6.45) is 2.99. The van der Waals surface area contributed by atoms with E-state index in [1.54, 1.807) is 0 Å². The Morgan fingerprint density at radius 3 is 2.80 bits per heavy atom. The molecule has 1 aromatic rings. The molecule has 0 amide bonds. The summed E-state index contributed by atoms with van der Waals surface area (Å²) in [5.74, 6) is 1.12. The molecule has 3 nitrogen and oxygen atoms in total. The van der Waals surface area contributed by atoms with Gasteiger partial charge in [0, 0.05) is 25.9 Å². The number of halogens is 1. The van der Waals surface area contributed by atoms with Crippen LogP contribution in [0.1, 0.15) is 18.3 Å². The number of nitrogens with one attached hydrogen (secondary N) is 1. The highest BCUT2D eigenvalue weighted by Gasteiger charge is 2.11. The molecule has 0 bridgehead atoms. The number of aryl methyl sites for hydroxylation is 2. The zero-order valence-electron chi connectivity index (χ0n) is 9.51. The van der Waals surface area contributed by atoms with Crippen molar-refractivity contribution >= 4 is 23.4 Å². The van der Waals surface area contributed by atoms with Crippen molar-refractivity contribution in [3.8, 4) is 0 Å². The summed E-state index contributed by atoms with van der Waals surface area (Å²) in [4.78, 5) is 0. The van der Waals surface area contributed by atoms with Gasteiger partial charge in [-0.15, -0.1) is 0 Å². The van der Waals surface area contributed by atoms with Gasteiger partial charge in [0.15, 0.2) is 0 Å². The molecule has 0 aromatic carbocycles. The average Bonchev–Trinajstić information content (AvgIpc) is 2.50. The second kappa shape index (κ2) is 6.40. The highest BCUT2D eigenvalue weighted by atomic mass is 35.5. The van der Waals surface area contributed by atoms with Crippen molar-refractivity contribution in [3.63, 3.8) is 0 Å². The molecule has 0 spiro atoms. The van der Waals surface area contributed by atoms with Crippen LogP contribution in [0, 0.1) is 0 Å². The van der Waals surface area contributed by atoms with E-state index in [9.17, 15) is 0 Å². The van der Waals surface area contributed by atoms with Crippen LogP contribution < -0.4 is 5.32 Å². The van der Waals surface area contributed by atoms with Gasteiger partial charge in [-0.2, -0.15) is 16.9 Å². The molecule has 0 aliphatic carbocycles. The Morgan fingerprint density at radius 2 is 2.27 bits per heavy atom. The fraction of sp³-hybridized carbons (Fsp3) is 0.700. The fourth-order valence-electron chi connectivity index (χ4n) is 1.39. The summed E-state index contributed by atoms with van der Waals surface area (Å²) in [5.41, 5.74) is 2.07. The van der Waals surface area contributed by atoms with Gasteiger partial charge in [0.05, 0.1) is 16.4 Å². The number of rotatable bonds is 6. The Morgan fingerprint density at radius 1 is 1.53 bits per heavy atom. The van der Waals surface area contributed by atoms with E-state index in [1.807, 2.05) is 23.5 Å². The van der Waals surface area contributed by atoms with E-state index in [0.717, 1.165) is 41.7 Å². The average molecular weight is 248 g/mol. The van der Waals surface area contributed by atoms with Crippen molar-refractivity contribution in [2.45, 2.75) is 19.9 Å². The molecular formula is C10H18ClN3S. The summed E-state index contributed by atoms with van der Waals surface area (Å²) in [7, 11) is 1.94. The lowest BCUT2D eigenvalue weighted by atomic mass is 10.3. The first kappa shape index (κ1) is 12.9. The second-order valence-corrected chi connectivity index (χ2v) is 4.72. The van der Waals surface area contributed by atoms with Crippen LogP contribution in [0.5, 0.6) is 0 Å². The van der Waals surface area contributed by atoms with Crippen molar-refractivity contribution < 1.29 is 0 Å². The van der Waals surface area contributed by atoms with Crippen LogP contribution in [0.3, 0.4) is 0 Å². The Hall–Kier alpha value is -0.190. The van der Waals surface area contributed by atoms with Crippen LogP contribution in [-0.2, 0) is 20.0 Å². The van der Waals surface area contributed by atoms with Crippen molar-refractivity contribution in [2.24, 2.45) is 7.05 Å². The van der Waals surface area contributed by atoms with Crippen LogP contribution in [0.25, 0.3) is 0 Å². The van der Waals surface area contributed by atoms with E-state index in [1.165, 1.54) is 0 Å². The van der Waals surface area contributed by atoms with E-state index in [-0.39, 0.29) is 0 Å². The lowest BCUT2D eigenvalue weighted by Gasteiger charge is -2.04. The second-order valence-electron chi connectivity index (χ2n) is 3.35. The Labute approximate surface area is 101 Å². The Kier molecular flexibility index (Phi) is 5.50. The molecule has 15 heavy (non-hydrogen) atoms. The third-order valence-electron chi connectivity index (χ3n) is 2.28. The number of hydrogen-bond donors (Lipinski definition) is 1. The van der Waals surface area contributed by atoms with Gasteiger partial charge >= 0.3 is 0 Å². The van der Waals surface area contributed by atoms with Crippen LogP contribution in [0.15, 0.2) is 0 Å². The van der Waals surface area contributed by atoms with E-state index in [4.69, 9.17) is 11.6 Å². The Bertz CT molecular complexity index is 312. The lowest BCUT2D eigenvalue weighted by Crippen LogP contribution is -2.18. The molecule has 1 N–H and O–H groups in total. The van der Waals surface area contributed by atoms with E-state index in [2.05, 4.69) is 23.6 Å². The first-order chi connectivity index (χ1) is 7.20. The van der Waals surface area contributed by atoms with Gasteiger partial charge in [0.25, 0.3) is 0 Å². The number of thioether (sulfide) groups is 1. The molecule has 86 valence electrons. The summed E-state index contributed by atoms with van der Waals surface area (Å²) in [6, 6.07) is 0. The molecule has 0 aliphatic heterocycles. The molecule has 1 rings (SSSR count). The highest BCUT2D eigenvalue weighted by molar-refractivity contribution is 7.98. The quantitative estimate of drug-likeness (QED) is 0.781. The molecule has 0 aliphatic rings. The van der Waals surface area contributed by atoms with Crippen molar-refractivity contribution in [1.82, 2.24) is 15.1 Å². The predicted molar refractivity (Wildman–Crippen MR) is 67.7 cm³/mol. The van der Waals surface area contributed by atoms with E-state index >= 15 is 0 Å². The first-order valence-electron chi connectivity index (χ1n) is 5.10. The molecule has 0 saturated heterocycles. The third-order valence-corrected chi connectivity index (χ3v) is 3.33. The number of nitrogens with zero attached hydrogens (tertiary/aromatic N) is 2. The lowest BCUT2D eigenvalue weighted by molar-refractivity contribution is 0.641. The molecule has 0 saturated carbocycles. The minimum atomic E-state index is 0.795. The zero-order valence-corrected chi connectivity index (χ0v) is 11.1. The minimum absolute atomic E-state index is 0.795. The van der Waals surface area contributed by atoms with Gasteiger partial charge in [-0.1, -0.05) is 18.5 Å². The van der Waals surface area contributed by atoms with E-state index in [0.29, 0.717) is 0 Å². The summed E-state index contributed by atoms with van der Waals surface area (Å²) < 4.78 is 1.87. The molecule has 0 unspecified atom stereocenters. The molecule has 0 fully saturated rings. The maximum absolute atomic E-state index is 6.21. The standard InChI is InChI=1S/C10H18ClN3S/c1-4-8-10(11)9(14(2)13-8)7-12-5-6-15-3/h12H,4-7H2,1-3H3. The smallest absolute Gasteiger partial charge is 0.0863 e. The summed E-state index contributed by atoms with van der Waals surface area (Å²) in [6.45, 7) is 3.87. The maximum atomic E-state index is 6.21. The van der Waals surface area contributed by atoms with Gasteiger partial charge < -0.3 is 5.32 Å². The predicted octanol–water partition coefficient (Wildman–Crippen LogP) is 2.09. The van der Waals surface area contributed by atoms with Crippen LogP contribution >= 0.6 is 23.4 Å². The van der Waals surface area contributed by atoms with Crippen LogP contribution in [0.4, 0.5) is 0 Å². The van der Waals surface area contributed by atoms with Crippen molar-refractivity contribution in [2.75, 3.05) is 18.6 Å². The molecule has 0 radical (unpaired) electrons. The normalized spacial score (nSPS) is 10.9. The first-order valence-corrected chi connectivity index (χ1v) is 6.87. The van der Waals surface area contributed by atoms with Crippen molar-refractivity contribution in [3.05, 3.63) is 16.4 Å².